The maximum Gasteiger partial charge on any atom is 0.490 e. The molecule has 11 heteroatoms. The van der Waals surface area contributed by atoms with Gasteiger partial charge in [-0.3, -0.25) is 4.98 Å². The van der Waals surface area contributed by atoms with Crippen LogP contribution in [-0.4, -0.2) is 48.3 Å². The smallest absolute Gasteiger partial charge is 0.479 e. The van der Waals surface area contributed by atoms with Crippen LogP contribution in [0.15, 0.2) is 30.7 Å². The average Bonchev–Trinajstić information content (AvgIpc) is 3.44. The first-order valence-electron chi connectivity index (χ1n) is 9.49. The average molecular weight is 426 g/mol. The Bertz CT molecular complexity index is 899. The molecule has 0 radical (unpaired) electrons. The van der Waals surface area contributed by atoms with E-state index in [1.807, 2.05) is 18.3 Å². The van der Waals surface area contributed by atoms with E-state index in [0.29, 0.717) is 18.8 Å². The molecule has 0 saturated heterocycles. The van der Waals surface area contributed by atoms with Crippen molar-refractivity contribution in [2.45, 2.75) is 62.1 Å². The highest BCUT2D eigenvalue weighted by Gasteiger charge is 2.47. The lowest BCUT2D eigenvalue weighted by atomic mass is 9.73. The van der Waals surface area contributed by atoms with Crippen LogP contribution in [0.2, 0.25) is 0 Å². The van der Waals surface area contributed by atoms with E-state index in [9.17, 15) is 23.1 Å². The molecule has 2 unspecified atom stereocenters. The van der Waals surface area contributed by atoms with Crippen molar-refractivity contribution in [2.24, 2.45) is 0 Å². The number of carbonyl (C=O) groups is 2. The second-order valence-corrected chi connectivity index (χ2v) is 7.55. The number of aromatic nitrogens is 4. The Morgan fingerprint density at radius 2 is 1.83 bits per heavy atom. The van der Waals surface area contributed by atoms with Crippen LogP contribution in [0.3, 0.4) is 0 Å². The van der Waals surface area contributed by atoms with Crippen molar-refractivity contribution >= 4 is 11.9 Å². The summed E-state index contributed by atoms with van der Waals surface area (Å²) in [5.41, 5.74) is 1.01. The third-order valence-corrected chi connectivity index (χ3v) is 5.41. The van der Waals surface area contributed by atoms with Gasteiger partial charge in [0.15, 0.2) is 5.54 Å². The quantitative estimate of drug-likeness (QED) is 0.770. The van der Waals surface area contributed by atoms with Crippen molar-refractivity contribution in [1.29, 1.82) is 0 Å². The summed E-state index contributed by atoms with van der Waals surface area (Å²) in [4.78, 5) is 26.7. The zero-order chi connectivity index (χ0) is 21.9. The number of pyridine rings is 1. The summed E-state index contributed by atoms with van der Waals surface area (Å²) in [7, 11) is 0. The highest BCUT2D eigenvalue weighted by atomic mass is 19.4. The summed E-state index contributed by atoms with van der Waals surface area (Å²) >= 11 is 0. The van der Waals surface area contributed by atoms with Crippen LogP contribution in [-0.2, 0) is 15.1 Å². The molecule has 2 aliphatic rings. The van der Waals surface area contributed by atoms with Gasteiger partial charge in [-0.1, -0.05) is 6.07 Å². The highest BCUT2D eigenvalue weighted by Crippen LogP contribution is 2.44. The number of carboxylic acid groups (broad SMARTS) is 2. The second-order valence-electron chi connectivity index (χ2n) is 7.55. The van der Waals surface area contributed by atoms with E-state index < -0.39 is 23.7 Å². The monoisotopic (exact) mass is 426 g/mol. The zero-order valence-corrected chi connectivity index (χ0v) is 15.9. The van der Waals surface area contributed by atoms with E-state index in [0.717, 1.165) is 36.9 Å². The van der Waals surface area contributed by atoms with Crippen molar-refractivity contribution in [3.63, 3.8) is 0 Å². The summed E-state index contributed by atoms with van der Waals surface area (Å²) in [6, 6.07) is 3.94. The van der Waals surface area contributed by atoms with Crippen LogP contribution in [0.5, 0.6) is 0 Å². The minimum atomic E-state index is -5.08. The third-order valence-electron chi connectivity index (χ3n) is 5.41. The molecule has 0 bridgehead atoms. The fourth-order valence-electron chi connectivity index (χ4n) is 3.66. The lowest BCUT2D eigenvalue weighted by molar-refractivity contribution is -0.192. The summed E-state index contributed by atoms with van der Waals surface area (Å²) in [5.74, 6) is -2.92. The van der Waals surface area contributed by atoms with E-state index in [-0.39, 0.29) is 5.92 Å². The molecule has 2 aromatic rings. The molecule has 0 amide bonds. The molecular weight excluding hydrogens is 405 g/mol. The predicted molar refractivity (Wildman–Crippen MR) is 96.7 cm³/mol. The van der Waals surface area contributed by atoms with Crippen LogP contribution in [0.4, 0.5) is 13.2 Å². The number of halogens is 3. The van der Waals surface area contributed by atoms with Gasteiger partial charge in [-0.2, -0.15) is 28.2 Å². The Kier molecular flexibility index (Phi) is 6.09. The van der Waals surface area contributed by atoms with Gasteiger partial charge in [0.2, 0.25) is 0 Å². The second kappa shape index (κ2) is 8.41. The fraction of sp³-hybridized carbons (Fsp3) is 0.526. The minimum Gasteiger partial charge on any atom is -0.479 e. The molecule has 2 fully saturated rings. The van der Waals surface area contributed by atoms with E-state index in [1.54, 1.807) is 12.4 Å². The molecule has 0 aromatic carbocycles. The van der Waals surface area contributed by atoms with Gasteiger partial charge >= 0.3 is 18.1 Å². The maximum atomic E-state index is 12.1. The van der Waals surface area contributed by atoms with Crippen molar-refractivity contribution in [1.82, 2.24) is 20.0 Å². The summed E-state index contributed by atoms with van der Waals surface area (Å²) in [6.07, 6.45) is 5.46. The van der Waals surface area contributed by atoms with Gasteiger partial charge in [-0.25, -0.2) is 9.59 Å². The van der Waals surface area contributed by atoms with Gasteiger partial charge in [-0.05, 0) is 56.1 Å². The molecule has 2 aromatic heterocycles. The molecule has 0 spiro atoms. The van der Waals surface area contributed by atoms with E-state index in [4.69, 9.17) is 9.90 Å². The van der Waals surface area contributed by atoms with Crippen molar-refractivity contribution in [3.8, 4) is 0 Å². The molecule has 2 heterocycles. The predicted octanol–water partition coefficient (Wildman–Crippen LogP) is 3.32. The first kappa shape index (κ1) is 21.7. The van der Waals surface area contributed by atoms with Crippen molar-refractivity contribution < 1.29 is 33.0 Å². The Morgan fingerprint density at radius 3 is 2.37 bits per heavy atom. The lowest BCUT2D eigenvalue weighted by Crippen LogP contribution is -2.46. The molecule has 4 rings (SSSR count). The fourth-order valence-corrected chi connectivity index (χ4v) is 3.66. The molecule has 2 N–H and O–H groups in total. The number of hydrogen-bond donors (Lipinski definition) is 2. The van der Waals surface area contributed by atoms with Crippen molar-refractivity contribution in [2.75, 3.05) is 0 Å². The first-order chi connectivity index (χ1) is 14.1. The van der Waals surface area contributed by atoms with E-state index in [2.05, 4.69) is 15.2 Å². The van der Waals surface area contributed by atoms with Gasteiger partial charge in [0, 0.05) is 18.3 Å². The van der Waals surface area contributed by atoms with Crippen LogP contribution >= 0.6 is 0 Å². The first-order valence-corrected chi connectivity index (χ1v) is 9.49. The van der Waals surface area contributed by atoms with Gasteiger partial charge in [0.25, 0.3) is 0 Å². The molecule has 8 nitrogen and oxygen atoms in total. The maximum absolute atomic E-state index is 12.1. The molecule has 2 aliphatic carbocycles. The zero-order valence-electron chi connectivity index (χ0n) is 15.9. The van der Waals surface area contributed by atoms with Crippen molar-refractivity contribution in [3.05, 3.63) is 42.0 Å². The largest absolute Gasteiger partial charge is 0.490 e. The molecular formula is C19H21F3N4O4. The number of nitrogens with zero attached hydrogens (tertiary/aromatic N) is 4. The highest BCUT2D eigenvalue weighted by molar-refractivity contribution is 5.76. The van der Waals surface area contributed by atoms with Crippen LogP contribution < -0.4 is 0 Å². The third kappa shape index (κ3) is 4.77. The Labute approximate surface area is 169 Å². The summed E-state index contributed by atoms with van der Waals surface area (Å²) in [6.45, 7) is 0. The number of carboxylic acids is 2. The molecule has 2 atom stereocenters. The standard InChI is InChI=1S/C17H20N4O2.C2HF3O2/c22-16(23)17(21-19-11-15(20-21)12-5-6-12)7-1-3-13(9-17)14-4-2-8-18-10-14;3-2(4,5)1(6)7/h2,4,8,10-13H,1,3,5-7,9H2,(H,22,23);(H,6,7). The van der Waals surface area contributed by atoms with Gasteiger partial charge < -0.3 is 10.2 Å². The molecule has 162 valence electrons. The minimum absolute atomic E-state index is 0.184. The van der Waals surface area contributed by atoms with Crippen LogP contribution in [0, 0.1) is 0 Å². The van der Waals surface area contributed by atoms with Gasteiger partial charge in [0.1, 0.15) is 0 Å². The summed E-state index contributed by atoms with van der Waals surface area (Å²) in [5, 5.41) is 25.9. The molecule has 2 saturated carbocycles. The molecule has 30 heavy (non-hydrogen) atoms. The van der Waals surface area contributed by atoms with E-state index in [1.165, 1.54) is 4.80 Å². The van der Waals surface area contributed by atoms with E-state index >= 15 is 0 Å². The molecule has 0 aliphatic heterocycles. The number of hydrogen-bond acceptors (Lipinski definition) is 5. The normalized spacial score (nSPS) is 23.9. The SMILES string of the molecule is O=C(O)C(F)(F)F.O=C(O)C1(n2ncc(C3CC3)n2)CCCC(c2cccnc2)C1. The Hall–Kier alpha value is -2.98. The van der Waals surface area contributed by atoms with Gasteiger partial charge in [0.05, 0.1) is 11.9 Å². The van der Waals surface area contributed by atoms with Gasteiger partial charge in [-0.15, -0.1) is 0 Å². The topological polar surface area (TPSA) is 118 Å². The Balaban J connectivity index is 0.000000318. The van der Waals surface area contributed by atoms with Crippen LogP contribution in [0.25, 0.3) is 0 Å². The number of alkyl halides is 3. The number of aliphatic carboxylic acids is 2. The Morgan fingerprint density at radius 1 is 1.13 bits per heavy atom. The van der Waals surface area contributed by atoms with Crippen LogP contribution in [0.1, 0.15) is 61.6 Å². The number of rotatable bonds is 4. The summed E-state index contributed by atoms with van der Waals surface area (Å²) < 4.78 is 31.7. The lowest BCUT2D eigenvalue weighted by Gasteiger charge is -2.36.